The topological polar surface area (TPSA) is 79.3 Å². The van der Waals surface area contributed by atoms with E-state index >= 15 is 0 Å². The van der Waals surface area contributed by atoms with E-state index in [1.54, 1.807) is 12.0 Å². The van der Waals surface area contributed by atoms with Crippen molar-refractivity contribution in [3.8, 4) is 11.5 Å². The molecular weight excluding hydrogens is 360 g/mol. The van der Waals surface area contributed by atoms with Crippen LogP contribution in [0.4, 0.5) is 5.69 Å². The van der Waals surface area contributed by atoms with Crippen LogP contribution >= 0.6 is 0 Å². The van der Waals surface area contributed by atoms with Crippen LogP contribution in [0.3, 0.4) is 0 Å². The SMILES string of the molecule is COc1ccc(N2CCN(C(=O)C3(C(=O)O)CCC3)CC2)cc1OC1CCC1. The van der Waals surface area contributed by atoms with E-state index in [1.165, 1.54) is 6.42 Å². The Morgan fingerprint density at radius 3 is 2.29 bits per heavy atom. The molecule has 1 aliphatic heterocycles. The van der Waals surface area contributed by atoms with Gasteiger partial charge in [-0.15, -0.1) is 0 Å². The van der Waals surface area contributed by atoms with Crippen LogP contribution in [0, 0.1) is 5.41 Å². The van der Waals surface area contributed by atoms with E-state index in [1.807, 2.05) is 18.2 Å². The van der Waals surface area contributed by atoms with E-state index in [4.69, 9.17) is 9.47 Å². The van der Waals surface area contributed by atoms with Gasteiger partial charge in [0.05, 0.1) is 13.2 Å². The Labute approximate surface area is 165 Å². The van der Waals surface area contributed by atoms with E-state index in [9.17, 15) is 14.7 Å². The standard InChI is InChI=1S/C21H28N2O5/c1-27-17-7-6-15(14-18(17)28-16-4-2-5-16)22-10-12-23(13-11-22)19(24)21(20(25)26)8-3-9-21/h6-7,14,16H,2-5,8-13H2,1H3,(H,25,26). The Morgan fingerprint density at radius 1 is 1.07 bits per heavy atom. The summed E-state index contributed by atoms with van der Waals surface area (Å²) in [4.78, 5) is 28.3. The molecule has 0 unspecified atom stereocenters. The second kappa shape index (κ2) is 7.53. The van der Waals surface area contributed by atoms with Crippen molar-refractivity contribution in [2.75, 3.05) is 38.2 Å². The van der Waals surface area contributed by atoms with Crippen molar-refractivity contribution in [1.82, 2.24) is 4.90 Å². The third-order valence-electron chi connectivity index (χ3n) is 6.45. The first kappa shape index (κ1) is 18.9. The molecule has 0 spiro atoms. The summed E-state index contributed by atoms with van der Waals surface area (Å²) in [7, 11) is 1.64. The van der Waals surface area contributed by atoms with Gasteiger partial charge in [0.25, 0.3) is 0 Å². The van der Waals surface area contributed by atoms with Gasteiger partial charge in [0.15, 0.2) is 11.5 Å². The van der Waals surface area contributed by atoms with Crippen LogP contribution in [-0.4, -0.2) is 61.3 Å². The molecule has 152 valence electrons. The summed E-state index contributed by atoms with van der Waals surface area (Å²) in [6.07, 6.45) is 5.38. The lowest BCUT2D eigenvalue weighted by atomic mass is 9.67. The first-order valence-corrected chi connectivity index (χ1v) is 10.2. The molecule has 1 saturated heterocycles. The summed E-state index contributed by atoms with van der Waals surface area (Å²) in [5.41, 5.74) is -0.134. The zero-order valence-corrected chi connectivity index (χ0v) is 16.4. The molecule has 2 aliphatic carbocycles. The fourth-order valence-corrected chi connectivity index (χ4v) is 4.14. The van der Waals surface area contributed by atoms with E-state index in [-0.39, 0.29) is 12.0 Å². The van der Waals surface area contributed by atoms with Crippen molar-refractivity contribution < 1.29 is 24.2 Å². The lowest BCUT2D eigenvalue weighted by molar-refractivity contribution is -0.167. The zero-order chi connectivity index (χ0) is 19.7. The minimum absolute atomic E-state index is 0.213. The van der Waals surface area contributed by atoms with Crippen molar-refractivity contribution >= 4 is 17.6 Å². The predicted molar refractivity (Wildman–Crippen MR) is 104 cm³/mol. The number of amides is 1. The summed E-state index contributed by atoms with van der Waals surface area (Å²) < 4.78 is 11.5. The lowest BCUT2D eigenvalue weighted by Gasteiger charge is -2.43. The Bertz CT molecular complexity index is 749. The van der Waals surface area contributed by atoms with Gasteiger partial charge in [-0.1, -0.05) is 6.42 Å². The maximum absolute atomic E-state index is 12.8. The third-order valence-corrected chi connectivity index (χ3v) is 6.45. The molecule has 1 heterocycles. The Hall–Kier alpha value is -2.44. The highest BCUT2D eigenvalue weighted by atomic mass is 16.5. The number of hydrogen-bond acceptors (Lipinski definition) is 5. The number of nitrogens with zero attached hydrogens (tertiary/aromatic N) is 2. The Kier molecular flexibility index (Phi) is 5.08. The number of piperazine rings is 1. The zero-order valence-electron chi connectivity index (χ0n) is 16.4. The van der Waals surface area contributed by atoms with Crippen LogP contribution in [0.1, 0.15) is 38.5 Å². The van der Waals surface area contributed by atoms with Crippen molar-refractivity contribution in [3.05, 3.63) is 18.2 Å². The molecule has 2 saturated carbocycles. The van der Waals surface area contributed by atoms with Crippen LogP contribution < -0.4 is 14.4 Å². The number of aliphatic carboxylic acids is 1. The molecule has 1 aromatic rings. The minimum Gasteiger partial charge on any atom is -0.493 e. The second-order valence-electron chi connectivity index (χ2n) is 8.03. The van der Waals surface area contributed by atoms with Gasteiger partial charge < -0.3 is 24.4 Å². The highest BCUT2D eigenvalue weighted by Gasteiger charge is 2.53. The molecular formula is C21H28N2O5. The first-order valence-electron chi connectivity index (χ1n) is 10.2. The predicted octanol–water partition coefficient (Wildman–Crippen LogP) is 2.53. The van der Waals surface area contributed by atoms with Crippen LogP contribution in [-0.2, 0) is 9.59 Å². The molecule has 4 rings (SSSR count). The minimum atomic E-state index is -1.17. The van der Waals surface area contributed by atoms with E-state index in [2.05, 4.69) is 4.90 Å². The normalized spacial score (nSPS) is 21.5. The fourth-order valence-electron chi connectivity index (χ4n) is 4.14. The smallest absolute Gasteiger partial charge is 0.319 e. The van der Waals surface area contributed by atoms with Crippen LogP contribution in [0.25, 0.3) is 0 Å². The summed E-state index contributed by atoms with van der Waals surface area (Å²) in [6, 6.07) is 5.95. The molecule has 0 radical (unpaired) electrons. The van der Waals surface area contributed by atoms with Crippen LogP contribution in [0.15, 0.2) is 18.2 Å². The lowest BCUT2D eigenvalue weighted by Crippen LogP contribution is -2.57. The number of methoxy groups -OCH3 is 1. The number of carbonyl (C=O) groups is 2. The number of carboxylic acids is 1. The molecule has 3 fully saturated rings. The van der Waals surface area contributed by atoms with Gasteiger partial charge in [-0.05, 0) is 44.2 Å². The molecule has 0 atom stereocenters. The molecule has 28 heavy (non-hydrogen) atoms. The number of benzene rings is 1. The van der Waals surface area contributed by atoms with Crippen molar-refractivity contribution in [2.45, 2.75) is 44.6 Å². The van der Waals surface area contributed by atoms with Gasteiger partial charge in [-0.2, -0.15) is 0 Å². The maximum Gasteiger partial charge on any atom is 0.319 e. The van der Waals surface area contributed by atoms with Crippen molar-refractivity contribution in [2.24, 2.45) is 5.41 Å². The summed E-state index contributed by atoms with van der Waals surface area (Å²) in [5.74, 6) is 0.314. The van der Waals surface area contributed by atoms with Gasteiger partial charge in [0, 0.05) is 37.9 Å². The number of rotatable bonds is 6. The molecule has 1 aromatic carbocycles. The van der Waals surface area contributed by atoms with Crippen LogP contribution in [0.5, 0.6) is 11.5 Å². The highest BCUT2D eigenvalue weighted by molar-refractivity contribution is 6.02. The molecule has 0 bridgehead atoms. The Balaban J connectivity index is 1.41. The van der Waals surface area contributed by atoms with Crippen LogP contribution in [0.2, 0.25) is 0 Å². The van der Waals surface area contributed by atoms with E-state index < -0.39 is 11.4 Å². The van der Waals surface area contributed by atoms with Gasteiger partial charge in [-0.3, -0.25) is 9.59 Å². The number of carbonyl (C=O) groups excluding carboxylic acids is 1. The first-order chi connectivity index (χ1) is 13.5. The molecule has 7 heteroatoms. The Morgan fingerprint density at radius 2 is 1.79 bits per heavy atom. The highest BCUT2D eigenvalue weighted by Crippen LogP contribution is 2.43. The van der Waals surface area contributed by atoms with Crippen molar-refractivity contribution in [3.63, 3.8) is 0 Å². The van der Waals surface area contributed by atoms with Gasteiger partial charge >= 0.3 is 5.97 Å². The average molecular weight is 388 g/mol. The van der Waals surface area contributed by atoms with Gasteiger partial charge in [-0.25, -0.2) is 0 Å². The quantitative estimate of drug-likeness (QED) is 0.755. The summed E-state index contributed by atoms with van der Waals surface area (Å²) in [6.45, 7) is 2.44. The third kappa shape index (κ3) is 3.27. The van der Waals surface area contributed by atoms with E-state index in [0.29, 0.717) is 39.0 Å². The number of anilines is 1. The number of hydrogen-bond donors (Lipinski definition) is 1. The monoisotopic (exact) mass is 388 g/mol. The van der Waals surface area contributed by atoms with Gasteiger partial charge in [0.2, 0.25) is 5.91 Å². The number of ether oxygens (including phenoxy) is 2. The summed E-state index contributed by atoms with van der Waals surface area (Å²) in [5, 5.41) is 9.51. The maximum atomic E-state index is 12.8. The number of carboxylic acid groups (broad SMARTS) is 1. The fraction of sp³-hybridized carbons (Fsp3) is 0.619. The largest absolute Gasteiger partial charge is 0.493 e. The average Bonchev–Trinajstić information content (AvgIpc) is 2.63. The van der Waals surface area contributed by atoms with Crippen molar-refractivity contribution in [1.29, 1.82) is 0 Å². The summed E-state index contributed by atoms with van der Waals surface area (Å²) >= 11 is 0. The molecule has 0 aromatic heterocycles. The molecule has 1 N–H and O–H groups in total. The molecule has 3 aliphatic rings. The van der Waals surface area contributed by atoms with E-state index in [0.717, 1.165) is 36.4 Å². The molecule has 1 amide bonds. The molecule has 7 nitrogen and oxygen atoms in total. The van der Waals surface area contributed by atoms with Gasteiger partial charge in [0.1, 0.15) is 5.41 Å². The second-order valence-corrected chi connectivity index (χ2v) is 8.03.